The van der Waals surface area contributed by atoms with E-state index < -0.39 is 0 Å². The predicted molar refractivity (Wildman–Crippen MR) is 85.2 cm³/mol. The highest BCUT2D eigenvalue weighted by atomic mass is 16.1. The highest BCUT2D eigenvalue weighted by Gasteiger charge is 2.07. The van der Waals surface area contributed by atoms with Crippen LogP contribution < -0.4 is 5.32 Å². The number of amides is 1. The van der Waals surface area contributed by atoms with Gasteiger partial charge in [0, 0.05) is 46.7 Å². The van der Waals surface area contributed by atoms with Crippen LogP contribution in [-0.4, -0.2) is 21.9 Å². The van der Waals surface area contributed by atoms with Crippen molar-refractivity contribution in [3.63, 3.8) is 0 Å². The van der Waals surface area contributed by atoms with Gasteiger partial charge in [-0.25, -0.2) is 0 Å². The molecular formula is C17H19N3O. The van der Waals surface area contributed by atoms with Crippen LogP contribution in [0, 0.1) is 0 Å². The minimum atomic E-state index is 0.103. The number of H-pyrrole nitrogens is 1. The SMILES string of the molecule is CC(C)NC(=O)CCc1ccc2c(c1)[nH]c1ccncc12. The number of rotatable bonds is 4. The van der Waals surface area contributed by atoms with Crippen molar-refractivity contribution in [2.24, 2.45) is 0 Å². The second-order valence-corrected chi connectivity index (χ2v) is 5.65. The van der Waals surface area contributed by atoms with Crippen molar-refractivity contribution in [1.29, 1.82) is 0 Å². The molecule has 0 radical (unpaired) electrons. The van der Waals surface area contributed by atoms with Crippen LogP contribution in [0.1, 0.15) is 25.8 Å². The number of nitrogens with zero attached hydrogens (tertiary/aromatic N) is 1. The number of benzene rings is 1. The monoisotopic (exact) mass is 281 g/mol. The first-order valence-electron chi connectivity index (χ1n) is 7.27. The predicted octanol–water partition coefficient (Wildman–Crippen LogP) is 3.17. The van der Waals surface area contributed by atoms with E-state index >= 15 is 0 Å². The number of pyridine rings is 1. The van der Waals surface area contributed by atoms with Gasteiger partial charge in [-0.2, -0.15) is 0 Å². The molecule has 0 unspecified atom stereocenters. The molecule has 3 rings (SSSR count). The summed E-state index contributed by atoms with van der Waals surface area (Å²) in [7, 11) is 0. The highest BCUT2D eigenvalue weighted by Crippen LogP contribution is 2.25. The Morgan fingerprint density at radius 3 is 2.90 bits per heavy atom. The van der Waals surface area contributed by atoms with Gasteiger partial charge in [0.05, 0.1) is 0 Å². The van der Waals surface area contributed by atoms with Crippen LogP contribution in [0.3, 0.4) is 0 Å². The van der Waals surface area contributed by atoms with E-state index in [2.05, 4.69) is 33.5 Å². The van der Waals surface area contributed by atoms with Gasteiger partial charge in [0.2, 0.25) is 5.91 Å². The minimum absolute atomic E-state index is 0.103. The van der Waals surface area contributed by atoms with Gasteiger partial charge < -0.3 is 10.3 Å². The number of carbonyl (C=O) groups is 1. The first-order valence-corrected chi connectivity index (χ1v) is 7.27. The van der Waals surface area contributed by atoms with Crippen LogP contribution in [0.25, 0.3) is 21.8 Å². The molecule has 1 aromatic carbocycles. The van der Waals surface area contributed by atoms with Gasteiger partial charge in [0.25, 0.3) is 0 Å². The average molecular weight is 281 g/mol. The second-order valence-electron chi connectivity index (χ2n) is 5.65. The Hall–Kier alpha value is -2.36. The van der Waals surface area contributed by atoms with Gasteiger partial charge in [-0.1, -0.05) is 12.1 Å². The molecule has 0 fully saturated rings. The van der Waals surface area contributed by atoms with Crippen LogP contribution in [0.5, 0.6) is 0 Å². The van der Waals surface area contributed by atoms with E-state index in [0.29, 0.717) is 6.42 Å². The van der Waals surface area contributed by atoms with Crippen LogP contribution in [0.15, 0.2) is 36.7 Å². The second kappa shape index (κ2) is 5.56. The van der Waals surface area contributed by atoms with E-state index in [9.17, 15) is 4.79 Å². The van der Waals surface area contributed by atoms with Crippen LogP contribution >= 0.6 is 0 Å². The summed E-state index contributed by atoms with van der Waals surface area (Å²) in [6.45, 7) is 3.95. The van der Waals surface area contributed by atoms with Crippen molar-refractivity contribution in [2.45, 2.75) is 32.7 Å². The lowest BCUT2D eigenvalue weighted by Gasteiger charge is -2.08. The third-order valence-electron chi connectivity index (χ3n) is 3.55. The number of carbonyl (C=O) groups excluding carboxylic acids is 1. The molecule has 3 aromatic rings. The molecule has 0 aliphatic heterocycles. The van der Waals surface area contributed by atoms with Crippen molar-refractivity contribution in [3.8, 4) is 0 Å². The molecule has 4 nitrogen and oxygen atoms in total. The fourth-order valence-corrected chi connectivity index (χ4v) is 2.60. The van der Waals surface area contributed by atoms with Crippen molar-refractivity contribution in [3.05, 3.63) is 42.2 Å². The van der Waals surface area contributed by atoms with E-state index in [1.807, 2.05) is 26.1 Å². The molecular weight excluding hydrogens is 262 g/mol. The maximum Gasteiger partial charge on any atom is 0.220 e. The molecule has 21 heavy (non-hydrogen) atoms. The number of hydrogen-bond acceptors (Lipinski definition) is 2. The number of fused-ring (bicyclic) bond motifs is 3. The summed E-state index contributed by atoms with van der Waals surface area (Å²) in [5.41, 5.74) is 3.36. The van der Waals surface area contributed by atoms with Gasteiger partial charge in [-0.3, -0.25) is 9.78 Å². The largest absolute Gasteiger partial charge is 0.354 e. The molecule has 2 N–H and O–H groups in total. The third kappa shape index (κ3) is 2.89. The molecule has 0 bridgehead atoms. The minimum Gasteiger partial charge on any atom is -0.354 e. The molecule has 108 valence electrons. The summed E-state index contributed by atoms with van der Waals surface area (Å²) in [6, 6.07) is 8.49. The Morgan fingerprint density at radius 2 is 2.10 bits per heavy atom. The molecule has 2 aromatic heterocycles. The fourth-order valence-electron chi connectivity index (χ4n) is 2.60. The standard InChI is InChI=1S/C17H19N3O/c1-11(2)19-17(21)6-4-12-3-5-13-14-10-18-8-7-15(14)20-16(13)9-12/h3,5,7-11,20H,4,6H2,1-2H3,(H,19,21). The molecule has 0 saturated carbocycles. The zero-order chi connectivity index (χ0) is 14.8. The van der Waals surface area contributed by atoms with Crippen LogP contribution in [0.2, 0.25) is 0 Å². The van der Waals surface area contributed by atoms with Crippen molar-refractivity contribution >= 4 is 27.7 Å². The summed E-state index contributed by atoms with van der Waals surface area (Å²) in [4.78, 5) is 19.3. The van der Waals surface area contributed by atoms with Gasteiger partial charge in [-0.15, -0.1) is 0 Å². The van der Waals surface area contributed by atoms with Gasteiger partial charge in [0.1, 0.15) is 0 Å². The number of aromatic amines is 1. The zero-order valence-electron chi connectivity index (χ0n) is 12.3. The highest BCUT2D eigenvalue weighted by molar-refractivity contribution is 6.06. The van der Waals surface area contributed by atoms with Gasteiger partial charge in [0.15, 0.2) is 0 Å². The molecule has 0 atom stereocenters. The van der Waals surface area contributed by atoms with Crippen LogP contribution in [0.4, 0.5) is 0 Å². The third-order valence-corrected chi connectivity index (χ3v) is 3.55. The normalized spacial score (nSPS) is 11.4. The summed E-state index contributed by atoms with van der Waals surface area (Å²) in [5, 5.41) is 5.23. The topological polar surface area (TPSA) is 57.8 Å². The quantitative estimate of drug-likeness (QED) is 0.771. The van der Waals surface area contributed by atoms with E-state index in [4.69, 9.17) is 0 Å². The number of nitrogens with one attached hydrogen (secondary N) is 2. The number of aryl methyl sites for hydroxylation is 1. The molecule has 0 spiro atoms. The van der Waals surface area contributed by atoms with E-state index in [1.165, 1.54) is 10.9 Å². The van der Waals surface area contributed by atoms with E-state index in [-0.39, 0.29) is 11.9 Å². The summed E-state index contributed by atoms with van der Waals surface area (Å²) < 4.78 is 0. The Bertz CT molecular complexity index is 789. The molecule has 4 heteroatoms. The lowest BCUT2D eigenvalue weighted by Crippen LogP contribution is -2.30. The van der Waals surface area contributed by atoms with Crippen molar-refractivity contribution < 1.29 is 4.79 Å². The smallest absolute Gasteiger partial charge is 0.220 e. The van der Waals surface area contributed by atoms with Gasteiger partial charge >= 0.3 is 0 Å². The Labute approximate surface area is 123 Å². The van der Waals surface area contributed by atoms with Crippen molar-refractivity contribution in [1.82, 2.24) is 15.3 Å². The number of aromatic nitrogens is 2. The first-order chi connectivity index (χ1) is 10.1. The summed E-state index contributed by atoms with van der Waals surface area (Å²) in [6.07, 6.45) is 4.94. The van der Waals surface area contributed by atoms with Crippen LogP contribution in [-0.2, 0) is 11.2 Å². The maximum absolute atomic E-state index is 11.7. The average Bonchev–Trinajstić information content (AvgIpc) is 2.82. The fraction of sp³-hybridized carbons (Fsp3) is 0.294. The lowest BCUT2D eigenvalue weighted by molar-refractivity contribution is -0.121. The Kier molecular flexibility index (Phi) is 3.60. The van der Waals surface area contributed by atoms with Gasteiger partial charge in [-0.05, 0) is 38.0 Å². The Morgan fingerprint density at radius 1 is 1.24 bits per heavy atom. The molecule has 0 aliphatic carbocycles. The molecule has 0 saturated heterocycles. The summed E-state index contributed by atoms with van der Waals surface area (Å²) in [5.74, 6) is 0.103. The summed E-state index contributed by atoms with van der Waals surface area (Å²) >= 11 is 0. The van der Waals surface area contributed by atoms with E-state index in [0.717, 1.165) is 22.8 Å². The lowest BCUT2D eigenvalue weighted by atomic mass is 10.1. The molecule has 1 amide bonds. The van der Waals surface area contributed by atoms with E-state index in [1.54, 1.807) is 6.20 Å². The number of hydrogen-bond donors (Lipinski definition) is 2. The zero-order valence-corrected chi connectivity index (χ0v) is 12.3. The molecule has 0 aliphatic rings. The first kappa shape index (κ1) is 13.6. The van der Waals surface area contributed by atoms with Crippen molar-refractivity contribution in [2.75, 3.05) is 0 Å². The maximum atomic E-state index is 11.7. The molecule has 2 heterocycles. The Balaban J connectivity index is 1.81.